The Hall–Kier alpha value is -0.920. The molecule has 21 heavy (non-hydrogen) atoms. The number of thiophene rings is 1. The van der Waals surface area contributed by atoms with Gasteiger partial charge in [-0.1, -0.05) is 0 Å². The van der Waals surface area contributed by atoms with Gasteiger partial charge in [-0.05, 0) is 33.2 Å². The maximum atomic E-state index is 11.9. The van der Waals surface area contributed by atoms with Crippen LogP contribution in [-0.4, -0.2) is 57.3 Å². The number of hydrogen-bond donors (Lipinski definition) is 2. The highest BCUT2D eigenvalue weighted by molar-refractivity contribution is 7.99. The van der Waals surface area contributed by atoms with Gasteiger partial charge in [-0.3, -0.25) is 4.79 Å². The fraction of sp³-hybridized carbons (Fsp3) is 0.643. The third-order valence-corrected chi connectivity index (χ3v) is 6.22. The molecular weight excluding hydrogens is 304 g/mol. The van der Waals surface area contributed by atoms with Crippen LogP contribution < -0.4 is 16.0 Å². The Kier molecular flexibility index (Phi) is 5.40. The van der Waals surface area contributed by atoms with Gasteiger partial charge in [0.25, 0.3) is 5.91 Å². The zero-order valence-electron chi connectivity index (χ0n) is 13.1. The Labute approximate surface area is 134 Å². The molecule has 0 aliphatic carbocycles. The summed E-state index contributed by atoms with van der Waals surface area (Å²) >= 11 is 3.14. The van der Waals surface area contributed by atoms with E-state index in [0.29, 0.717) is 16.6 Å². The van der Waals surface area contributed by atoms with Gasteiger partial charge in [-0.15, -0.1) is 23.1 Å². The fourth-order valence-corrected chi connectivity index (χ4v) is 4.87. The Bertz CT molecular complexity index is 507. The Morgan fingerprint density at radius 1 is 1.43 bits per heavy atom. The number of hydrogen-bond acceptors (Lipinski definition) is 6. The van der Waals surface area contributed by atoms with Gasteiger partial charge in [0.15, 0.2) is 0 Å². The van der Waals surface area contributed by atoms with Crippen LogP contribution in [0.15, 0.2) is 4.90 Å². The SMILES string of the molecule is CNC(=O)c1sc(N2CCC(N(C)C)CC2)c(SC)c1N. The molecule has 2 heterocycles. The van der Waals surface area contributed by atoms with Gasteiger partial charge in [0.1, 0.15) is 9.88 Å². The first-order valence-electron chi connectivity index (χ1n) is 7.09. The predicted octanol–water partition coefficient (Wildman–Crippen LogP) is 1.94. The first-order chi connectivity index (χ1) is 9.99. The molecule has 1 aliphatic rings. The van der Waals surface area contributed by atoms with Crippen LogP contribution >= 0.6 is 23.1 Å². The number of piperidine rings is 1. The smallest absolute Gasteiger partial charge is 0.263 e. The normalized spacial score (nSPS) is 16.5. The molecule has 1 aromatic heterocycles. The zero-order chi connectivity index (χ0) is 15.6. The van der Waals surface area contributed by atoms with Gasteiger partial charge in [-0.2, -0.15) is 0 Å². The van der Waals surface area contributed by atoms with E-state index in [1.807, 2.05) is 6.26 Å². The maximum absolute atomic E-state index is 11.9. The van der Waals surface area contributed by atoms with Crippen molar-refractivity contribution in [2.45, 2.75) is 23.8 Å². The van der Waals surface area contributed by atoms with Crippen LogP contribution in [-0.2, 0) is 0 Å². The number of nitrogens with one attached hydrogen (secondary N) is 1. The molecule has 0 unspecified atom stereocenters. The molecule has 5 nitrogen and oxygen atoms in total. The third kappa shape index (κ3) is 3.30. The van der Waals surface area contributed by atoms with Crippen LogP contribution in [0.5, 0.6) is 0 Å². The second kappa shape index (κ2) is 6.89. The quantitative estimate of drug-likeness (QED) is 0.827. The molecule has 1 saturated heterocycles. The highest BCUT2D eigenvalue weighted by Gasteiger charge is 2.27. The Morgan fingerprint density at radius 2 is 2.05 bits per heavy atom. The van der Waals surface area contributed by atoms with Gasteiger partial charge >= 0.3 is 0 Å². The standard InChI is InChI=1S/C14H24N4OS2/c1-16-13(19)11-10(15)12(20-4)14(21-11)18-7-5-9(6-8-18)17(2)3/h9H,5-8,15H2,1-4H3,(H,16,19). The molecule has 1 amide bonds. The number of carbonyl (C=O) groups is 1. The average molecular weight is 329 g/mol. The molecular formula is C14H24N4OS2. The summed E-state index contributed by atoms with van der Waals surface area (Å²) in [6.45, 7) is 2.03. The summed E-state index contributed by atoms with van der Waals surface area (Å²) in [5.41, 5.74) is 6.79. The van der Waals surface area contributed by atoms with Crippen molar-refractivity contribution in [2.75, 3.05) is 51.1 Å². The van der Waals surface area contributed by atoms with E-state index < -0.39 is 0 Å². The van der Waals surface area contributed by atoms with Crippen molar-refractivity contribution in [3.05, 3.63) is 4.88 Å². The first kappa shape index (κ1) is 16.5. The molecule has 0 atom stereocenters. The summed E-state index contributed by atoms with van der Waals surface area (Å²) in [4.78, 5) is 18.3. The van der Waals surface area contributed by atoms with E-state index in [1.54, 1.807) is 18.8 Å². The van der Waals surface area contributed by atoms with Crippen LogP contribution in [0.4, 0.5) is 10.7 Å². The van der Waals surface area contributed by atoms with Crippen LogP contribution in [0.3, 0.4) is 0 Å². The largest absolute Gasteiger partial charge is 0.396 e. The van der Waals surface area contributed by atoms with Gasteiger partial charge in [-0.25, -0.2) is 0 Å². The summed E-state index contributed by atoms with van der Waals surface area (Å²) in [7, 11) is 5.92. The Balaban J connectivity index is 2.22. The molecule has 0 aromatic carbocycles. The molecule has 3 N–H and O–H groups in total. The molecule has 7 heteroatoms. The minimum absolute atomic E-state index is 0.0952. The van der Waals surface area contributed by atoms with Crippen molar-refractivity contribution < 1.29 is 4.79 Å². The number of carbonyl (C=O) groups excluding carboxylic acids is 1. The average Bonchev–Trinajstić information content (AvgIpc) is 2.83. The van der Waals surface area contributed by atoms with Crippen LogP contribution in [0.2, 0.25) is 0 Å². The Morgan fingerprint density at radius 3 is 2.52 bits per heavy atom. The topological polar surface area (TPSA) is 61.6 Å². The third-order valence-electron chi connectivity index (χ3n) is 4.00. The highest BCUT2D eigenvalue weighted by Crippen LogP contribution is 2.44. The van der Waals surface area contributed by atoms with E-state index in [-0.39, 0.29) is 5.91 Å². The number of amides is 1. The second-order valence-electron chi connectivity index (χ2n) is 5.44. The zero-order valence-corrected chi connectivity index (χ0v) is 14.7. The van der Waals surface area contributed by atoms with Crippen LogP contribution in [0.25, 0.3) is 0 Å². The minimum atomic E-state index is -0.0952. The lowest BCUT2D eigenvalue weighted by atomic mass is 10.0. The monoisotopic (exact) mass is 328 g/mol. The van der Waals surface area contributed by atoms with Crippen molar-refractivity contribution in [1.29, 1.82) is 0 Å². The summed E-state index contributed by atoms with van der Waals surface area (Å²) in [6.07, 6.45) is 4.31. The number of nitrogens with two attached hydrogens (primary N) is 1. The van der Waals surface area contributed by atoms with Crippen molar-refractivity contribution >= 4 is 39.7 Å². The van der Waals surface area contributed by atoms with Gasteiger partial charge in [0.2, 0.25) is 0 Å². The lowest BCUT2D eigenvalue weighted by Crippen LogP contribution is -2.41. The molecule has 0 spiro atoms. The van der Waals surface area contributed by atoms with Gasteiger partial charge < -0.3 is 20.9 Å². The van der Waals surface area contributed by atoms with Crippen molar-refractivity contribution in [1.82, 2.24) is 10.2 Å². The van der Waals surface area contributed by atoms with E-state index >= 15 is 0 Å². The number of nitrogen functional groups attached to an aromatic ring is 1. The van der Waals surface area contributed by atoms with Crippen LogP contribution in [0.1, 0.15) is 22.5 Å². The predicted molar refractivity (Wildman–Crippen MR) is 92.8 cm³/mol. The molecule has 2 rings (SSSR count). The van der Waals surface area contributed by atoms with E-state index in [4.69, 9.17) is 5.73 Å². The summed E-state index contributed by atoms with van der Waals surface area (Å²) in [5, 5.41) is 3.82. The lowest BCUT2D eigenvalue weighted by Gasteiger charge is -2.36. The molecule has 118 valence electrons. The lowest BCUT2D eigenvalue weighted by molar-refractivity contribution is 0.0968. The fourth-order valence-electron chi connectivity index (χ4n) is 2.69. The molecule has 0 radical (unpaired) electrons. The number of thioether (sulfide) groups is 1. The van der Waals surface area contributed by atoms with Gasteiger partial charge in [0.05, 0.1) is 10.6 Å². The summed E-state index contributed by atoms with van der Waals surface area (Å²) < 4.78 is 0. The summed E-state index contributed by atoms with van der Waals surface area (Å²) in [5.74, 6) is -0.0952. The van der Waals surface area contributed by atoms with E-state index in [2.05, 4.69) is 29.2 Å². The van der Waals surface area contributed by atoms with E-state index in [9.17, 15) is 4.79 Å². The van der Waals surface area contributed by atoms with Crippen molar-refractivity contribution in [2.24, 2.45) is 0 Å². The minimum Gasteiger partial charge on any atom is -0.396 e. The molecule has 1 aliphatic heterocycles. The molecule has 0 bridgehead atoms. The van der Waals surface area contributed by atoms with Crippen molar-refractivity contribution in [3.8, 4) is 0 Å². The summed E-state index contributed by atoms with van der Waals surface area (Å²) in [6, 6.07) is 0.648. The first-order valence-corrected chi connectivity index (χ1v) is 9.13. The molecule has 0 saturated carbocycles. The number of nitrogens with zero attached hydrogens (tertiary/aromatic N) is 2. The highest BCUT2D eigenvalue weighted by atomic mass is 32.2. The van der Waals surface area contributed by atoms with Gasteiger partial charge in [0, 0.05) is 26.2 Å². The van der Waals surface area contributed by atoms with E-state index in [0.717, 1.165) is 35.8 Å². The molecule has 1 aromatic rings. The number of rotatable bonds is 4. The van der Waals surface area contributed by atoms with Crippen molar-refractivity contribution in [3.63, 3.8) is 0 Å². The van der Waals surface area contributed by atoms with Crippen LogP contribution in [0, 0.1) is 0 Å². The second-order valence-corrected chi connectivity index (χ2v) is 7.26. The van der Waals surface area contributed by atoms with E-state index in [1.165, 1.54) is 11.3 Å². The maximum Gasteiger partial charge on any atom is 0.263 e. The molecule has 1 fully saturated rings. The number of anilines is 2.